The van der Waals surface area contributed by atoms with E-state index in [1.807, 2.05) is 68.4 Å². The van der Waals surface area contributed by atoms with Crippen LogP contribution in [-0.4, -0.2) is 41.5 Å². The Morgan fingerprint density at radius 2 is 1.38 bits per heavy atom. The van der Waals surface area contributed by atoms with Gasteiger partial charge in [-0.2, -0.15) is 5.26 Å². The van der Waals surface area contributed by atoms with E-state index in [9.17, 15) is 5.26 Å². The minimum Gasteiger partial charge on any atom is -0.489 e. The van der Waals surface area contributed by atoms with E-state index in [2.05, 4.69) is 33.8 Å². The Labute approximate surface area is 247 Å². The van der Waals surface area contributed by atoms with Gasteiger partial charge in [0.25, 0.3) is 0 Å². The third kappa shape index (κ3) is 8.38. The predicted octanol–water partition coefficient (Wildman–Crippen LogP) is 4.56. The predicted molar refractivity (Wildman–Crippen MR) is 163 cm³/mol. The molecule has 8 heteroatoms. The normalized spacial score (nSPS) is 10.8. The Balaban J connectivity index is 1.43. The quantitative estimate of drug-likeness (QED) is 0.155. The van der Waals surface area contributed by atoms with Crippen LogP contribution in [0.1, 0.15) is 38.9 Å². The Bertz CT molecular complexity index is 1520. The highest BCUT2D eigenvalue weighted by molar-refractivity contribution is 5.69. The number of aryl methyl sites for hydroxylation is 2. The number of nitrogens with zero attached hydrogens (tertiary/aromatic N) is 2. The third-order valence-corrected chi connectivity index (χ3v) is 6.85. The Morgan fingerprint density at radius 1 is 0.762 bits per heavy atom. The van der Waals surface area contributed by atoms with Crippen molar-refractivity contribution >= 4 is 0 Å². The van der Waals surface area contributed by atoms with E-state index in [1.54, 1.807) is 6.20 Å². The largest absolute Gasteiger partial charge is 0.489 e. The number of nitrogens with one attached hydrogen (secondary N) is 2. The minimum absolute atomic E-state index is 0.105. The van der Waals surface area contributed by atoms with E-state index in [-0.39, 0.29) is 19.8 Å². The molecular formula is C34H38N4O4. The van der Waals surface area contributed by atoms with Gasteiger partial charge in [-0.3, -0.25) is 4.98 Å². The van der Waals surface area contributed by atoms with Crippen LogP contribution in [0.4, 0.5) is 0 Å². The zero-order chi connectivity index (χ0) is 29.7. The van der Waals surface area contributed by atoms with Crippen molar-refractivity contribution in [2.24, 2.45) is 0 Å². The third-order valence-electron chi connectivity index (χ3n) is 6.85. The molecule has 4 aromatic rings. The van der Waals surface area contributed by atoms with Gasteiger partial charge in [0.1, 0.15) is 30.8 Å². The number of aliphatic hydroxyl groups is 2. The lowest BCUT2D eigenvalue weighted by Gasteiger charge is -2.14. The molecule has 218 valence electrons. The average Bonchev–Trinajstić information content (AvgIpc) is 3.00. The van der Waals surface area contributed by atoms with Crippen molar-refractivity contribution in [3.8, 4) is 28.8 Å². The van der Waals surface area contributed by atoms with Crippen LogP contribution >= 0.6 is 0 Å². The molecule has 0 aliphatic heterocycles. The van der Waals surface area contributed by atoms with Crippen LogP contribution in [-0.2, 0) is 26.3 Å². The van der Waals surface area contributed by atoms with Crippen LogP contribution in [0.15, 0.2) is 72.9 Å². The summed E-state index contributed by atoms with van der Waals surface area (Å²) in [6.07, 6.45) is 1.74. The maximum Gasteiger partial charge on any atom is 0.122 e. The summed E-state index contributed by atoms with van der Waals surface area (Å²) in [4.78, 5) is 4.56. The van der Waals surface area contributed by atoms with Crippen molar-refractivity contribution in [3.05, 3.63) is 112 Å². The Kier molecular flexibility index (Phi) is 11.4. The summed E-state index contributed by atoms with van der Waals surface area (Å²) in [5.41, 5.74) is 8.00. The zero-order valence-electron chi connectivity index (χ0n) is 24.2. The number of hydrogen-bond donors (Lipinski definition) is 4. The van der Waals surface area contributed by atoms with Gasteiger partial charge in [-0.15, -0.1) is 0 Å². The van der Waals surface area contributed by atoms with Crippen molar-refractivity contribution in [1.29, 1.82) is 5.26 Å². The molecule has 1 heterocycles. The lowest BCUT2D eigenvalue weighted by molar-refractivity contribution is 0.291. The highest BCUT2D eigenvalue weighted by atomic mass is 16.5. The van der Waals surface area contributed by atoms with Gasteiger partial charge in [-0.25, -0.2) is 0 Å². The first-order valence-electron chi connectivity index (χ1n) is 14.1. The molecule has 0 spiro atoms. The van der Waals surface area contributed by atoms with Crippen LogP contribution < -0.4 is 20.1 Å². The minimum atomic E-state index is 0.105. The van der Waals surface area contributed by atoms with Gasteiger partial charge in [0.15, 0.2) is 0 Å². The second-order valence-corrected chi connectivity index (χ2v) is 10.1. The molecule has 0 fully saturated rings. The fourth-order valence-electron chi connectivity index (χ4n) is 4.68. The topological polar surface area (TPSA) is 120 Å². The molecule has 0 aliphatic carbocycles. The summed E-state index contributed by atoms with van der Waals surface area (Å²) in [5, 5.41) is 34.4. The second-order valence-electron chi connectivity index (χ2n) is 10.1. The van der Waals surface area contributed by atoms with E-state index < -0.39 is 0 Å². The second kappa shape index (κ2) is 15.7. The van der Waals surface area contributed by atoms with E-state index in [0.717, 1.165) is 50.4 Å². The van der Waals surface area contributed by atoms with Crippen molar-refractivity contribution < 1.29 is 19.7 Å². The first-order chi connectivity index (χ1) is 20.5. The lowest BCUT2D eigenvalue weighted by Crippen LogP contribution is -2.17. The molecule has 4 N–H and O–H groups in total. The fraction of sp³-hybridized carbons (Fsp3) is 0.294. The molecule has 1 aromatic heterocycles. The van der Waals surface area contributed by atoms with E-state index in [0.29, 0.717) is 44.0 Å². The van der Waals surface area contributed by atoms with Gasteiger partial charge in [-0.1, -0.05) is 42.5 Å². The number of pyridine rings is 1. The Hall–Kier alpha value is -4.26. The van der Waals surface area contributed by atoms with Crippen LogP contribution in [0.3, 0.4) is 0 Å². The molecule has 0 bridgehead atoms. The maximum absolute atomic E-state index is 10.1. The smallest absolute Gasteiger partial charge is 0.122 e. The standard InChI is InChI=1S/C34H38N4O4/c1-24-16-26(20-36-12-14-39)6-8-33(24)41-22-28-10-11-38-32(18-28)30-5-3-4-29(31(30)19-35)23-42-34-9-7-27(17-25(34)2)21-37-13-15-40/h3-11,16-18,36-37,39-40H,12-15,20-23H2,1-2H3. The summed E-state index contributed by atoms with van der Waals surface area (Å²) in [6, 6.07) is 24.0. The molecule has 8 nitrogen and oxygen atoms in total. The van der Waals surface area contributed by atoms with E-state index in [1.165, 1.54) is 0 Å². The number of benzene rings is 3. The highest BCUT2D eigenvalue weighted by Gasteiger charge is 2.13. The van der Waals surface area contributed by atoms with Gasteiger partial charge < -0.3 is 30.3 Å². The van der Waals surface area contributed by atoms with E-state index in [4.69, 9.17) is 19.7 Å². The highest BCUT2D eigenvalue weighted by Crippen LogP contribution is 2.28. The number of nitriles is 1. The molecule has 4 rings (SSSR count). The first-order valence-corrected chi connectivity index (χ1v) is 14.1. The SMILES string of the molecule is Cc1cc(CNCCO)ccc1OCc1ccnc(-c2cccc(COc3ccc(CNCCO)cc3C)c2C#N)c1. The van der Waals surface area contributed by atoms with Gasteiger partial charge >= 0.3 is 0 Å². The summed E-state index contributed by atoms with van der Waals surface area (Å²) in [6.45, 7) is 7.33. The first kappa shape index (κ1) is 30.7. The maximum atomic E-state index is 10.1. The van der Waals surface area contributed by atoms with Crippen molar-refractivity contribution in [3.63, 3.8) is 0 Å². The van der Waals surface area contributed by atoms with Crippen LogP contribution in [0, 0.1) is 25.2 Å². The molecule has 0 amide bonds. The zero-order valence-corrected chi connectivity index (χ0v) is 24.2. The number of aromatic nitrogens is 1. The lowest BCUT2D eigenvalue weighted by atomic mass is 9.99. The van der Waals surface area contributed by atoms with E-state index >= 15 is 0 Å². The molecule has 0 saturated heterocycles. The molecule has 0 radical (unpaired) electrons. The molecule has 0 aliphatic rings. The summed E-state index contributed by atoms with van der Waals surface area (Å²) in [7, 11) is 0. The van der Waals surface area contributed by atoms with Crippen LogP contribution in [0.2, 0.25) is 0 Å². The molecular weight excluding hydrogens is 528 g/mol. The Morgan fingerprint density at radius 3 is 1.95 bits per heavy atom. The number of hydrogen-bond acceptors (Lipinski definition) is 8. The van der Waals surface area contributed by atoms with Crippen LogP contribution in [0.5, 0.6) is 11.5 Å². The molecule has 0 saturated carbocycles. The van der Waals surface area contributed by atoms with Gasteiger partial charge in [0, 0.05) is 43.5 Å². The van der Waals surface area contributed by atoms with Crippen molar-refractivity contribution in [2.75, 3.05) is 26.3 Å². The van der Waals surface area contributed by atoms with Gasteiger partial charge in [0.2, 0.25) is 0 Å². The molecule has 0 unspecified atom stereocenters. The molecule has 0 atom stereocenters. The van der Waals surface area contributed by atoms with Crippen molar-refractivity contribution in [2.45, 2.75) is 40.2 Å². The van der Waals surface area contributed by atoms with Crippen molar-refractivity contribution in [1.82, 2.24) is 15.6 Å². The average molecular weight is 567 g/mol. The number of aliphatic hydroxyl groups excluding tert-OH is 2. The number of ether oxygens (including phenoxy) is 2. The summed E-state index contributed by atoms with van der Waals surface area (Å²) >= 11 is 0. The monoisotopic (exact) mass is 566 g/mol. The number of rotatable bonds is 15. The van der Waals surface area contributed by atoms with Gasteiger partial charge in [0.05, 0.1) is 24.5 Å². The molecule has 3 aromatic carbocycles. The molecule has 42 heavy (non-hydrogen) atoms. The van der Waals surface area contributed by atoms with Crippen LogP contribution in [0.25, 0.3) is 11.3 Å². The van der Waals surface area contributed by atoms with Gasteiger partial charge in [-0.05, 0) is 65.9 Å². The fourth-order valence-corrected chi connectivity index (χ4v) is 4.68. The summed E-state index contributed by atoms with van der Waals surface area (Å²) in [5.74, 6) is 1.57. The summed E-state index contributed by atoms with van der Waals surface area (Å²) < 4.78 is 12.2.